The standard InChI is InChI=1S/C8H11BrFNO/c1-8(10,5-11-2)6-3-4-7(9)12-6/h3-4,11H,5H2,1-2H3. The summed E-state index contributed by atoms with van der Waals surface area (Å²) in [6, 6.07) is 3.31. The summed E-state index contributed by atoms with van der Waals surface area (Å²) in [5.74, 6) is 0.337. The number of hydrogen-bond donors (Lipinski definition) is 1. The van der Waals surface area contributed by atoms with Crippen molar-refractivity contribution in [2.24, 2.45) is 0 Å². The maximum Gasteiger partial charge on any atom is 0.177 e. The number of hydrogen-bond acceptors (Lipinski definition) is 2. The maximum absolute atomic E-state index is 13.7. The zero-order valence-electron chi connectivity index (χ0n) is 7.03. The van der Waals surface area contributed by atoms with Crippen molar-refractivity contribution in [3.8, 4) is 0 Å². The van der Waals surface area contributed by atoms with E-state index in [0.29, 0.717) is 10.4 Å². The maximum atomic E-state index is 13.7. The van der Waals surface area contributed by atoms with Crippen molar-refractivity contribution < 1.29 is 8.81 Å². The molecular weight excluding hydrogens is 225 g/mol. The molecule has 1 N–H and O–H groups in total. The van der Waals surface area contributed by atoms with E-state index in [9.17, 15) is 4.39 Å². The van der Waals surface area contributed by atoms with Crippen LogP contribution >= 0.6 is 15.9 Å². The Hall–Kier alpha value is -0.350. The van der Waals surface area contributed by atoms with E-state index in [0.717, 1.165) is 0 Å². The molecule has 0 aliphatic heterocycles. The van der Waals surface area contributed by atoms with Gasteiger partial charge < -0.3 is 9.73 Å². The van der Waals surface area contributed by atoms with E-state index in [-0.39, 0.29) is 6.54 Å². The summed E-state index contributed by atoms with van der Waals surface area (Å²) in [5.41, 5.74) is -1.44. The average Bonchev–Trinajstić information content (AvgIpc) is 2.36. The van der Waals surface area contributed by atoms with Crippen molar-refractivity contribution in [1.29, 1.82) is 0 Å². The molecule has 0 saturated carbocycles. The van der Waals surface area contributed by atoms with E-state index in [1.54, 1.807) is 19.2 Å². The summed E-state index contributed by atoms with van der Waals surface area (Å²) >= 11 is 3.12. The molecule has 4 heteroatoms. The van der Waals surface area contributed by atoms with Crippen molar-refractivity contribution in [3.05, 3.63) is 22.6 Å². The van der Waals surface area contributed by atoms with Gasteiger partial charge in [-0.2, -0.15) is 0 Å². The van der Waals surface area contributed by atoms with E-state index >= 15 is 0 Å². The molecule has 0 aromatic carbocycles. The molecule has 0 spiro atoms. The highest BCUT2D eigenvalue weighted by Crippen LogP contribution is 2.28. The molecule has 0 aliphatic carbocycles. The van der Waals surface area contributed by atoms with Gasteiger partial charge in [-0.3, -0.25) is 0 Å². The van der Waals surface area contributed by atoms with Crippen LogP contribution in [0.4, 0.5) is 4.39 Å². The van der Waals surface area contributed by atoms with Crippen LogP contribution < -0.4 is 5.32 Å². The number of halogens is 2. The number of alkyl halides is 1. The molecule has 0 fully saturated rings. The SMILES string of the molecule is CNCC(C)(F)c1ccc(Br)o1. The highest BCUT2D eigenvalue weighted by molar-refractivity contribution is 9.10. The number of nitrogens with one attached hydrogen (secondary N) is 1. The van der Waals surface area contributed by atoms with Gasteiger partial charge >= 0.3 is 0 Å². The zero-order valence-corrected chi connectivity index (χ0v) is 8.61. The molecule has 1 rings (SSSR count). The van der Waals surface area contributed by atoms with Crippen LogP contribution in [0.5, 0.6) is 0 Å². The van der Waals surface area contributed by atoms with Crippen LogP contribution in [0, 0.1) is 0 Å². The Morgan fingerprint density at radius 2 is 2.33 bits per heavy atom. The first-order valence-electron chi connectivity index (χ1n) is 3.65. The van der Waals surface area contributed by atoms with E-state index in [4.69, 9.17) is 4.42 Å². The third-order valence-corrected chi connectivity index (χ3v) is 2.02. The number of likely N-dealkylation sites (N-methyl/N-ethyl adjacent to an activating group) is 1. The Bertz CT molecular complexity index is 259. The first-order valence-corrected chi connectivity index (χ1v) is 4.45. The van der Waals surface area contributed by atoms with Crippen LogP contribution in [0.15, 0.2) is 21.2 Å². The fourth-order valence-electron chi connectivity index (χ4n) is 1.01. The fourth-order valence-corrected chi connectivity index (χ4v) is 1.32. The molecule has 1 atom stereocenters. The molecule has 1 aromatic heterocycles. The molecule has 0 amide bonds. The average molecular weight is 236 g/mol. The predicted octanol–water partition coefficient (Wildman–Crippen LogP) is 2.45. The van der Waals surface area contributed by atoms with E-state index in [1.807, 2.05) is 0 Å². The van der Waals surface area contributed by atoms with Crippen LogP contribution in [-0.2, 0) is 5.67 Å². The number of furan rings is 1. The van der Waals surface area contributed by atoms with Crippen LogP contribution in [0.2, 0.25) is 0 Å². The Balaban J connectivity index is 2.81. The molecule has 12 heavy (non-hydrogen) atoms. The van der Waals surface area contributed by atoms with Gasteiger partial charge in [-0.15, -0.1) is 0 Å². The fraction of sp³-hybridized carbons (Fsp3) is 0.500. The first kappa shape index (κ1) is 9.74. The lowest BCUT2D eigenvalue weighted by Crippen LogP contribution is -2.28. The molecule has 0 aliphatic rings. The quantitative estimate of drug-likeness (QED) is 0.871. The Morgan fingerprint density at radius 3 is 2.75 bits per heavy atom. The van der Waals surface area contributed by atoms with Gasteiger partial charge in [0.15, 0.2) is 10.3 Å². The molecule has 2 nitrogen and oxygen atoms in total. The molecule has 1 aromatic rings. The predicted molar refractivity (Wildman–Crippen MR) is 48.8 cm³/mol. The molecule has 1 unspecified atom stereocenters. The van der Waals surface area contributed by atoms with Gasteiger partial charge in [-0.05, 0) is 42.0 Å². The smallest absolute Gasteiger partial charge is 0.177 e. The summed E-state index contributed by atoms with van der Waals surface area (Å²) in [6.45, 7) is 1.72. The Labute approximate surface area is 79.3 Å². The van der Waals surface area contributed by atoms with Crippen molar-refractivity contribution >= 4 is 15.9 Å². The van der Waals surface area contributed by atoms with Crippen molar-refractivity contribution in [3.63, 3.8) is 0 Å². The van der Waals surface area contributed by atoms with Crippen molar-refractivity contribution in [1.82, 2.24) is 5.32 Å². The van der Waals surface area contributed by atoms with Gasteiger partial charge in [0.1, 0.15) is 5.76 Å². The van der Waals surface area contributed by atoms with Gasteiger partial charge in [0.2, 0.25) is 0 Å². The van der Waals surface area contributed by atoms with Gasteiger partial charge in [-0.1, -0.05) is 0 Å². The molecule has 1 heterocycles. The summed E-state index contributed by atoms with van der Waals surface area (Å²) in [7, 11) is 1.70. The summed E-state index contributed by atoms with van der Waals surface area (Å²) in [5, 5.41) is 2.77. The third-order valence-electron chi connectivity index (χ3n) is 1.60. The highest BCUT2D eigenvalue weighted by atomic mass is 79.9. The lowest BCUT2D eigenvalue weighted by molar-refractivity contribution is 0.151. The Kier molecular flexibility index (Phi) is 2.90. The molecule has 0 saturated heterocycles. The van der Waals surface area contributed by atoms with Crippen LogP contribution in [0.3, 0.4) is 0 Å². The molecular formula is C8H11BrFNO. The molecule has 0 bridgehead atoms. The van der Waals surface area contributed by atoms with Crippen LogP contribution in [0.1, 0.15) is 12.7 Å². The molecule has 0 radical (unpaired) electrons. The summed E-state index contributed by atoms with van der Waals surface area (Å²) in [6.07, 6.45) is 0. The first-order chi connectivity index (χ1) is 5.56. The summed E-state index contributed by atoms with van der Waals surface area (Å²) in [4.78, 5) is 0. The van der Waals surface area contributed by atoms with Crippen molar-refractivity contribution in [2.45, 2.75) is 12.6 Å². The second-order valence-electron chi connectivity index (χ2n) is 2.83. The second kappa shape index (κ2) is 3.58. The lowest BCUT2D eigenvalue weighted by Gasteiger charge is -2.16. The minimum Gasteiger partial charge on any atom is -0.451 e. The topological polar surface area (TPSA) is 25.2 Å². The third kappa shape index (κ3) is 2.08. The van der Waals surface area contributed by atoms with Gasteiger partial charge in [-0.25, -0.2) is 4.39 Å². The van der Waals surface area contributed by atoms with Crippen LogP contribution in [-0.4, -0.2) is 13.6 Å². The normalized spacial score (nSPS) is 16.0. The highest BCUT2D eigenvalue weighted by Gasteiger charge is 2.28. The number of rotatable bonds is 3. The van der Waals surface area contributed by atoms with Crippen molar-refractivity contribution in [2.75, 3.05) is 13.6 Å². The van der Waals surface area contributed by atoms with Crippen LogP contribution in [0.25, 0.3) is 0 Å². The van der Waals surface area contributed by atoms with E-state index in [2.05, 4.69) is 21.2 Å². The molecule has 68 valence electrons. The monoisotopic (exact) mass is 235 g/mol. The zero-order chi connectivity index (χ0) is 9.19. The summed E-state index contributed by atoms with van der Waals surface area (Å²) < 4.78 is 19.3. The van der Waals surface area contributed by atoms with E-state index in [1.165, 1.54) is 6.92 Å². The largest absolute Gasteiger partial charge is 0.451 e. The Morgan fingerprint density at radius 1 is 1.67 bits per heavy atom. The van der Waals surface area contributed by atoms with Gasteiger partial charge in [0.25, 0.3) is 0 Å². The second-order valence-corrected chi connectivity index (χ2v) is 3.61. The minimum absolute atomic E-state index is 0.243. The van der Waals surface area contributed by atoms with E-state index < -0.39 is 5.67 Å². The lowest BCUT2D eigenvalue weighted by atomic mass is 10.1. The van der Waals surface area contributed by atoms with Gasteiger partial charge in [0.05, 0.1) is 0 Å². The van der Waals surface area contributed by atoms with Gasteiger partial charge in [0, 0.05) is 6.54 Å². The minimum atomic E-state index is -1.44.